The van der Waals surface area contributed by atoms with Crippen molar-refractivity contribution in [1.29, 1.82) is 0 Å². The molecule has 0 bridgehead atoms. The predicted molar refractivity (Wildman–Crippen MR) is 110 cm³/mol. The normalized spacial score (nSPS) is 10.7. The van der Waals surface area contributed by atoms with Crippen molar-refractivity contribution in [3.63, 3.8) is 0 Å². The van der Waals surface area contributed by atoms with Crippen LogP contribution in [0, 0.1) is 19.7 Å². The lowest BCUT2D eigenvalue weighted by Gasteiger charge is -2.08. The van der Waals surface area contributed by atoms with Gasteiger partial charge in [-0.25, -0.2) is 4.39 Å². The van der Waals surface area contributed by atoms with E-state index in [2.05, 4.69) is 20.8 Å². The second-order valence-corrected chi connectivity index (χ2v) is 7.40. The standard InChI is InChI=1S/C20H22FN5OS/c1-13-4-7-17(10-14(13)2)23-19(27)12-28-20-25-24-18(26(20)3)11-22-16-8-5-15(21)6-9-16/h4-10,22H,11-12H2,1-3H3,(H,23,27). The van der Waals surface area contributed by atoms with Crippen LogP contribution in [0.5, 0.6) is 0 Å². The van der Waals surface area contributed by atoms with Gasteiger partial charge in [0.05, 0.1) is 12.3 Å². The third kappa shape index (κ3) is 5.10. The average Bonchev–Trinajstić information content (AvgIpc) is 3.02. The fraction of sp³-hybridized carbons (Fsp3) is 0.250. The van der Waals surface area contributed by atoms with Crippen molar-refractivity contribution in [3.05, 3.63) is 65.2 Å². The molecule has 6 nitrogen and oxygen atoms in total. The van der Waals surface area contributed by atoms with Gasteiger partial charge in [-0.2, -0.15) is 0 Å². The maximum atomic E-state index is 13.0. The van der Waals surface area contributed by atoms with Crippen LogP contribution in [0.2, 0.25) is 0 Å². The summed E-state index contributed by atoms with van der Waals surface area (Å²) in [5.41, 5.74) is 3.91. The minimum absolute atomic E-state index is 0.0951. The number of halogens is 1. The smallest absolute Gasteiger partial charge is 0.234 e. The molecule has 0 aliphatic carbocycles. The molecule has 0 spiro atoms. The highest BCUT2D eigenvalue weighted by atomic mass is 32.2. The number of thioether (sulfide) groups is 1. The van der Waals surface area contributed by atoms with Gasteiger partial charge < -0.3 is 15.2 Å². The average molecular weight is 399 g/mol. The minimum atomic E-state index is -0.276. The molecule has 1 heterocycles. The van der Waals surface area contributed by atoms with E-state index in [1.807, 2.05) is 43.7 Å². The lowest BCUT2D eigenvalue weighted by molar-refractivity contribution is -0.113. The molecule has 1 amide bonds. The number of nitrogens with zero attached hydrogens (tertiary/aromatic N) is 3. The highest BCUT2D eigenvalue weighted by Gasteiger charge is 2.12. The van der Waals surface area contributed by atoms with Crippen molar-refractivity contribution >= 4 is 29.0 Å². The molecule has 146 valence electrons. The summed E-state index contributed by atoms with van der Waals surface area (Å²) < 4.78 is 14.8. The summed E-state index contributed by atoms with van der Waals surface area (Å²) >= 11 is 1.33. The Morgan fingerprint density at radius 1 is 1.07 bits per heavy atom. The van der Waals surface area contributed by atoms with Crippen LogP contribution in [0.4, 0.5) is 15.8 Å². The summed E-state index contributed by atoms with van der Waals surface area (Å²) in [6.45, 7) is 4.50. The first-order valence-corrected chi connectivity index (χ1v) is 9.78. The molecule has 1 aromatic heterocycles. The summed E-state index contributed by atoms with van der Waals surface area (Å²) in [6.07, 6.45) is 0. The molecule has 0 aliphatic heterocycles. The predicted octanol–water partition coefficient (Wildman–Crippen LogP) is 3.91. The highest BCUT2D eigenvalue weighted by molar-refractivity contribution is 7.99. The van der Waals surface area contributed by atoms with Crippen molar-refractivity contribution in [2.45, 2.75) is 25.5 Å². The van der Waals surface area contributed by atoms with Crippen LogP contribution in [0.25, 0.3) is 0 Å². The fourth-order valence-corrected chi connectivity index (χ4v) is 3.25. The van der Waals surface area contributed by atoms with Gasteiger partial charge in [0.25, 0.3) is 0 Å². The van der Waals surface area contributed by atoms with Gasteiger partial charge in [0.15, 0.2) is 11.0 Å². The van der Waals surface area contributed by atoms with Crippen LogP contribution >= 0.6 is 11.8 Å². The monoisotopic (exact) mass is 399 g/mol. The van der Waals surface area contributed by atoms with E-state index in [1.54, 1.807) is 12.1 Å². The molecule has 28 heavy (non-hydrogen) atoms. The zero-order valence-corrected chi connectivity index (χ0v) is 16.8. The number of anilines is 2. The first-order valence-electron chi connectivity index (χ1n) is 8.80. The SMILES string of the molecule is Cc1ccc(NC(=O)CSc2nnc(CNc3ccc(F)cc3)n2C)cc1C. The van der Waals surface area contributed by atoms with E-state index in [0.29, 0.717) is 11.7 Å². The Morgan fingerprint density at radius 3 is 2.50 bits per heavy atom. The molecule has 3 rings (SSSR count). The summed E-state index contributed by atoms with van der Waals surface area (Å²) in [5.74, 6) is 0.593. The van der Waals surface area contributed by atoms with E-state index in [0.717, 1.165) is 22.8 Å². The molecule has 0 saturated carbocycles. The topological polar surface area (TPSA) is 71.8 Å². The Hall–Kier alpha value is -2.87. The lowest BCUT2D eigenvalue weighted by Crippen LogP contribution is -2.14. The zero-order valence-electron chi connectivity index (χ0n) is 16.0. The number of nitrogens with one attached hydrogen (secondary N) is 2. The number of carbonyl (C=O) groups excluding carboxylic acids is 1. The van der Waals surface area contributed by atoms with Gasteiger partial charge in [-0.05, 0) is 61.4 Å². The molecule has 8 heteroatoms. The first-order chi connectivity index (χ1) is 13.4. The molecule has 0 saturated heterocycles. The summed E-state index contributed by atoms with van der Waals surface area (Å²) in [5, 5.41) is 15.0. The Kier molecular flexibility index (Phi) is 6.30. The van der Waals surface area contributed by atoms with Gasteiger partial charge >= 0.3 is 0 Å². The number of carbonyl (C=O) groups is 1. The van der Waals surface area contributed by atoms with Crippen LogP contribution in [-0.2, 0) is 18.4 Å². The number of rotatable bonds is 7. The van der Waals surface area contributed by atoms with Gasteiger partial charge in [0.2, 0.25) is 5.91 Å². The van der Waals surface area contributed by atoms with Gasteiger partial charge in [-0.15, -0.1) is 10.2 Å². The zero-order chi connectivity index (χ0) is 20.1. The molecular formula is C20H22FN5OS. The van der Waals surface area contributed by atoms with E-state index in [1.165, 1.54) is 29.5 Å². The van der Waals surface area contributed by atoms with E-state index >= 15 is 0 Å². The van der Waals surface area contributed by atoms with Crippen molar-refractivity contribution in [3.8, 4) is 0 Å². The van der Waals surface area contributed by atoms with Crippen molar-refractivity contribution in [2.24, 2.45) is 7.05 Å². The van der Waals surface area contributed by atoms with Crippen LogP contribution in [0.15, 0.2) is 47.6 Å². The molecule has 0 atom stereocenters. The second kappa shape index (κ2) is 8.88. The summed E-state index contributed by atoms with van der Waals surface area (Å²) in [7, 11) is 1.85. The molecule has 2 N–H and O–H groups in total. The third-order valence-corrected chi connectivity index (χ3v) is 5.36. The quantitative estimate of drug-likeness (QED) is 0.590. The highest BCUT2D eigenvalue weighted by Crippen LogP contribution is 2.18. The number of hydrogen-bond donors (Lipinski definition) is 2. The van der Waals surface area contributed by atoms with Crippen molar-refractivity contribution < 1.29 is 9.18 Å². The van der Waals surface area contributed by atoms with E-state index < -0.39 is 0 Å². The van der Waals surface area contributed by atoms with Crippen LogP contribution in [0.1, 0.15) is 17.0 Å². The molecule has 0 aliphatic rings. The van der Waals surface area contributed by atoms with E-state index in [4.69, 9.17) is 0 Å². The lowest BCUT2D eigenvalue weighted by atomic mass is 10.1. The Balaban J connectivity index is 1.52. The number of hydrogen-bond acceptors (Lipinski definition) is 5. The molecule has 0 radical (unpaired) electrons. The van der Waals surface area contributed by atoms with Crippen LogP contribution in [0.3, 0.4) is 0 Å². The van der Waals surface area contributed by atoms with Gasteiger partial charge in [0.1, 0.15) is 5.82 Å². The number of aryl methyl sites for hydroxylation is 2. The molecule has 3 aromatic rings. The van der Waals surface area contributed by atoms with E-state index in [-0.39, 0.29) is 17.5 Å². The molecule has 0 fully saturated rings. The van der Waals surface area contributed by atoms with Crippen molar-refractivity contribution in [1.82, 2.24) is 14.8 Å². The maximum absolute atomic E-state index is 13.0. The summed E-state index contributed by atoms with van der Waals surface area (Å²) in [6, 6.07) is 12.0. The second-order valence-electron chi connectivity index (χ2n) is 6.45. The molecule has 2 aromatic carbocycles. The minimum Gasteiger partial charge on any atom is -0.378 e. The Morgan fingerprint density at radius 2 is 1.79 bits per heavy atom. The number of aromatic nitrogens is 3. The number of benzene rings is 2. The maximum Gasteiger partial charge on any atom is 0.234 e. The first kappa shape index (κ1) is 19.9. The Bertz CT molecular complexity index is 971. The van der Waals surface area contributed by atoms with Gasteiger partial charge in [-0.3, -0.25) is 4.79 Å². The fourth-order valence-electron chi connectivity index (χ4n) is 2.52. The molecule has 0 unspecified atom stereocenters. The van der Waals surface area contributed by atoms with Crippen LogP contribution < -0.4 is 10.6 Å². The third-order valence-electron chi connectivity index (χ3n) is 4.34. The summed E-state index contributed by atoms with van der Waals surface area (Å²) in [4.78, 5) is 12.2. The molecular weight excluding hydrogens is 377 g/mol. The van der Waals surface area contributed by atoms with E-state index in [9.17, 15) is 9.18 Å². The number of amides is 1. The van der Waals surface area contributed by atoms with Gasteiger partial charge in [-0.1, -0.05) is 17.8 Å². The Labute approximate surface area is 167 Å². The van der Waals surface area contributed by atoms with Crippen LogP contribution in [-0.4, -0.2) is 26.4 Å². The van der Waals surface area contributed by atoms with Crippen molar-refractivity contribution in [2.75, 3.05) is 16.4 Å². The van der Waals surface area contributed by atoms with Gasteiger partial charge in [0, 0.05) is 18.4 Å². The largest absolute Gasteiger partial charge is 0.378 e.